The fraction of sp³-hybridized carbons (Fsp3) is 0.562. The second kappa shape index (κ2) is 6.04. The number of carbonyl (C=O) groups is 1. The van der Waals surface area contributed by atoms with E-state index in [1.165, 1.54) is 0 Å². The largest absolute Gasteiger partial charge is 0.337 e. The van der Waals surface area contributed by atoms with Crippen LogP contribution in [0.2, 0.25) is 0 Å². The van der Waals surface area contributed by atoms with E-state index in [1.54, 1.807) is 0 Å². The molecule has 0 spiro atoms. The highest BCUT2D eigenvalue weighted by Crippen LogP contribution is 2.26. The molecule has 1 aliphatic rings. The molecule has 1 N–H and O–H groups in total. The summed E-state index contributed by atoms with van der Waals surface area (Å²) in [4.78, 5) is 19.4. The monoisotopic (exact) mass is 302 g/mol. The Labute approximate surface area is 129 Å². The fourth-order valence-electron chi connectivity index (χ4n) is 2.80. The van der Waals surface area contributed by atoms with E-state index in [1.807, 2.05) is 17.9 Å². The van der Waals surface area contributed by atoms with Crippen LogP contribution in [0.25, 0.3) is 11.1 Å². The third-order valence-electron chi connectivity index (χ3n) is 4.09. The highest BCUT2D eigenvalue weighted by atomic mass is 16.5. The number of pyridine rings is 1. The number of aromatic nitrogens is 2. The lowest BCUT2D eigenvalue weighted by Gasteiger charge is -2.21. The van der Waals surface area contributed by atoms with E-state index in [9.17, 15) is 4.79 Å². The number of carbonyl (C=O) groups excluding carboxylic acids is 1. The Balaban J connectivity index is 2.07. The van der Waals surface area contributed by atoms with E-state index in [0.29, 0.717) is 17.0 Å². The van der Waals surface area contributed by atoms with Crippen molar-refractivity contribution in [1.82, 2.24) is 20.4 Å². The van der Waals surface area contributed by atoms with Crippen molar-refractivity contribution in [2.75, 3.05) is 26.2 Å². The van der Waals surface area contributed by atoms with Gasteiger partial charge in [-0.25, -0.2) is 4.98 Å². The second-order valence-electron chi connectivity index (χ2n) is 6.09. The van der Waals surface area contributed by atoms with Crippen LogP contribution in [-0.2, 0) is 0 Å². The molecule has 1 saturated heterocycles. The van der Waals surface area contributed by atoms with Gasteiger partial charge in [0, 0.05) is 25.3 Å². The maximum Gasteiger partial charge on any atom is 0.259 e. The first kappa shape index (κ1) is 15.0. The summed E-state index contributed by atoms with van der Waals surface area (Å²) in [6.07, 6.45) is 0.972. The number of aryl methyl sites for hydroxylation is 1. The van der Waals surface area contributed by atoms with E-state index in [4.69, 9.17) is 4.52 Å². The molecule has 22 heavy (non-hydrogen) atoms. The fourth-order valence-corrected chi connectivity index (χ4v) is 2.80. The molecule has 3 rings (SSSR count). The summed E-state index contributed by atoms with van der Waals surface area (Å²) in [6, 6.07) is 1.90. The predicted octanol–water partition coefficient (Wildman–Crippen LogP) is 2.09. The Kier molecular flexibility index (Phi) is 4.11. The molecule has 6 nitrogen and oxygen atoms in total. The average molecular weight is 302 g/mol. The van der Waals surface area contributed by atoms with E-state index in [2.05, 4.69) is 29.3 Å². The topological polar surface area (TPSA) is 71.3 Å². The molecule has 2 aromatic heterocycles. The lowest BCUT2D eigenvalue weighted by molar-refractivity contribution is 0.0768. The molecule has 0 bridgehead atoms. The van der Waals surface area contributed by atoms with Gasteiger partial charge in [-0.2, -0.15) is 0 Å². The molecule has 0 unspecified atom stereocenters. The molecule has 0 saturated carbocycles. The summed E-state index contributed by atoms with van der Waals surface area (Å²) in [7, 11) is 0. The van der Waals surface area contributed by atoms with Gasteiger partial charge in [-0.05, 0) is 31.9 Å². The first-order chi connectivity index (χ1) is 10.6. The number of nitrogens with zero attached hydrogens (tertiary/aromatic N) is 3. The smallest absolute Gasteiger partial charge is 0.259 e. The molecule has 0 aliphatic carbocycles. The Morgan fingerprint density at radius 3 is 2.95 bits per heavy atom. The summed E-state index contributed by atoms with van der Waals surface area (Å²) < 4.78 is 5.30. The highest BCUT2D eigenvalue weighted by molar-refractivity contribution is 6.06. The van der Waals surface area contributed by atoms with Crippen LogP contribution in [-0.4, -0.2) is 47.1 Å². The minimum Gasteiger partial charge on any atom is -0.337 e. The van der Waals surface area contributed by atoms with Crippen LogP contribution in [0, 0.1) is 6.92 Å². The van der Waals surface area contributed by atoms with Gasteiger partial charge >= 0.3 is 0 Å². The van der Waals surface area contributed by atoms with Gasteiger partial charge in [0.05, 0.1) is 16.6 Å². The number of hydrogen-bond acceptors (Lipinski definition) is 5. The van der Waals surface area contributed by atoms with Crippen molar-refractivity contribution < 1.29 is 9.32 Å². The van der Waals surface area contributed by atoms with Crippen LogP contribution >= 0.6 is 0 Å². The molecule has 1 aliphatic heterocycles. The first-order valence-electron chi connectivity index (χ1n) is 7.85. The third-order valence-corrected chi connectivity index (χ3v) is 4.09. The molecule has 6 heteroatoms. The van der Waals surface area contributed by atoms with Crippen molar-refractivity contribution in [2.24, 2.45) is 0 Å². The molecular weight excluding hydrogens is 280 g/mol. The maximum atomic E-state index is 13.0. The third kappa shape index (κ3) is 2.70. The van der Waals surface area contributed by atoms with Gasteiger partial charge in [-0.3, -0.25) is 4.79 Å². The van der Waals surface area contributed by atoms with Gasteiger partial charge in [0.15, 0.2) is 0 Å². The summed E-state index contributed by atoms with van der Waals surface area (Å²) in [5, 5.41) is 8.04. The van der Waals surface area contributed by atoms with E-state index >= 15 is 0 Å². The van der Waals surface area contributed by atoms with Gasteiger partial charge in [0.2, 0.25) is 0 Å². The number of rotatable bonds is 2. The Morgan fingerprint density at radius 2 is 2.18 bits per heavy atom. The first-order valence-corrected chi connectivity index (χ1v) is 7.85. The van der Waals surface area contributed by atoms with Gasteiger partial charge in [0.1, 0.15) is 0 Å². The minimum atomic E-state index is 0.0456. The zero-order valence-corrected chi connectivity index (χ0v) is 13.3. The summed E-state index contributed by atoms with van der Waals surface area (Å²) in [5.41, 5.74) is 2.70. The van der Waals surface area contributed by atoms with Crippen LogP contribution in [0.3, 0.4) is 0 Å². The quantitative estimate of drug-likeness (QED) is 0.919. The molecule has 2 aromatic rings. The van der Waals surface area contributed by atoms with Gasteiger partial charge < -0.3 is 14.7 Å². The van der Waals surface area contributed by atoms with Gasteiger partial charge in [-0.15, -0.1) is 0 Å². The number of fused-ring (bicyclic) bond motifs is 1. The van der Waals surface area contributed by atoms with Gasteiger partial charge in [-0.1, -0.05) is 19.0 Å². The van der Waals surface area contributed by atoms with Crippen LogP contribution in [0.1, 0.15) is 47.9 Å². The molecular formula is C16H22N4O2. The molecule has 1 amide bonds. The summed E-state index contributed by atoms with van der Waals surface area (Å²) >= 11 is 0. The lowest BCUT2D eigenvalue weighted by atomic mass is 10.0. The number of amides is 1. The van der Waals surface area contributed by atoms with Crippen molar-refractivity contribution in [2.45, 2.75) is 33.1 Å². The van der Waals surface area contributed by atoms with Crippen LogP contribution in [0.4, 0.5) is 0 Å². The number of nitrogens with one attached hydrogen (secondary N) is 1. The van der Waals surface area contributed by atoms with Gasteiger partial charge in [0.25, 0.3) is 11.6 Å². The molecule has 0 atom stereocenters. The van der Waals surface area contributed by atoms with E-state index in [0.717, 1.165) is 43.7 Å². The highest BCUT2D eigenvalue weighted by Gasteiger charge is 2.24. The average Bonchev–Trinajstić information content (AvgIpc) is 2.73. The van der Waals surface area contributed by atoms with Crippen molar-refractivity contribution in [3.05, 3.63) is 23.0 Å². The van der Waals surface area contributed by atoms with Crippen LogP contribution in [0.5, 0.6) is 0 Å². The zero-order valence-electron chi connectivity index (χ0n) is 13.3. The lowest BCUT2D eigenvalue weighted by Crippen LogP contribution is -2.34. The predicted molar refractivity (Wildman–Crippen MR) is 84.0 cm³/mol. The van der Waals surface area contributed by atoms with Crippen molar-refractivity contribution in [3.8, 4) is 0 Å². The SMILES string of the molecule is Cc1noc2nc(C(C)C)cc(C(=O)N3CCCNCC3)c12. The second-order valence-corrected chi connectivity index (χ2v) is 6.09. The molecule has 118 valence electrons. The normalized spacial score (nSPS) is 16.3. The Bertz CT molecular complexity index is 685. The Hall–Kier alpha value is -1.95. The van der Waals surface area contributed by atoms with Crippen LogP contribution < -0.4 is 5.32 Å². The number of hydrogen-bond donors (Lipinski definition) is 1. The van der Waals surface area contributed by atoms with E-state index in [-0.39, 0.29) is 11.8 Å². The van der Waals surface area contributed by atoms with Crippen molar-refractivity contribution in [1.29, 1.82) is 0 Å². The minimum absolute atomic E-state index is 0.0456. The van der Waals surface area contributed by atoms with Crippen molar-refractivity contribution in [3.63, 3.8) is 0 Å². The van der Waals surface area contributed by atoms with E-state index < -0.39 is 0 Å². The molecule has 3 heterocycles. The summed E-state index contributed by atoms with van der Waals surface area (Å²) in [5.74, 6) is 0.274. The van der Waals surface area contributed by atoms with Crippen LogP contribution in [0.15, 0.2) is 10.6 Å². The molecule has 0 aromatic carbocycles. The zero-order chi connectivity index (χ0) is 15.7. The molecule has 0 radical (unpaired) electrons. The summed E-state index contributed by atoms with van der Waals surface area (Å²) in [6.45, 7) is 9.26. The van der Waals surface area contributed by atoms with Crippen molar-refractivity contribution >= 4 is 17.0 Å². The maximum absolute atomic E-state index is 13.0. The standard InChI is InChI=1S/C16H22N4O2/c1-10(2)13-9-12(14-11(3)19-22-15(14)18-13)16(21)20-7-4-5-17-6-8-20/h9-10,17H,4-8H2,1-3H3. The Morgan fingerprint density at radius 1 is 1.36 bits per heavy atom. The molecule has 1 fully saturated rings.